The molecule has 0 unspecified atom stereocenters. The van der Waals surface area contributed by atoms with Gasteiger partial charge < -0.3 is 5.32 Å². The van der Waals surface area contributed by atoms with Crippen molar-refractivity contribution in [2.24, 2.45) is 0 Å². The summed E-state index contributed by atoms with van der Waals surface area (Å²) in [5.41, 5.74) is 0. The molecule has 1 aromatic heterocycles. The van der Waals surface area contributed by atoms with E-state index in [0.717, 1.165) is 40.8 Å². The van der Waals surface area contributed by atoms with Gasteiger partial charge in [0.25, 0.3) is 10.0 Å². The standard InChI is InChI=1S/C13H19BrN2O3S2/c14-11-7-8-13(20-11)21(18,19)15-9-12(17)16-10-5-3-1-2-4-6-10/h7-8,10,15H,1-6,9H2,(H,16,17). The van der Waals surface area contributed by atoms with E-state index in [-0.39, 0.29) is 22.7 Å². The van der Waals surface area contributed by atoms with Crippen LogP contribution in [0.15, 0.2) is 20.1 Å². The average molecular weight is 395 g/mol. The van der Waals surface area contributed by atoms with Crippen LogP contribution in [0.25, 0.3) is 0 Å². The second-order valence-corrected chi connectivity index (χ2v) is 9.60. The van der Waals surface area contributed by atoms with Gasteiger partial charge in [-0.3, -0.25) is 4.79 Å². The van der Waals surface area contributed by atoms with Crippen LogP contribution in [0.4, 0.5) is 0 Å². The maximum absolute atomic E-state index is 12.0. The minimum atomic E-state index is -3.60. The zero-order valence-electron chi connectivity index (χ0n) is 11.6. The van der Waals surface area contributed by atoms with E-state index in [4.69, 9.17) is 0 Å². The Morgan fingerprint density at radius 1 is 1.24 bits per heavy atom. The van der Waals surface area contributed by atoms with Gasteiger partial charge in [0.1, 0.15) is 4.21 Å². The molecule has 0 aromatic carbocycles. The maximum Gasteiger partial charge on any atom is 0.250 e. The largest absolute Gasteiger partial charge is 0.352 e. The van der Waals surface area contributed by atoms with Gasteiger partial charge in [0, 0.05) is 6.04 Å². The van der Waals surface area contributed by atoms with Crippen molar-refractivity contribution < 1.29 is 13.2 Å². The third kappa shape index (κ3) is 5.36. The molecule has 1 fully saturated rings. The molecule has 21 heavy (non-hydrogen) atoms. The van der Waals surface area contributed by atoms with Crippen molar-refractivity contribution >= 4 is 43.2 Å². The Bertz CT molecular complexity index is 578. The van der Waals surface area contributed by atoms with E-state index in [2.05, 4.69) is 26.0 Å². The first kappa shape index (κ1) is 16.9. The monoisotopic (exact) mass is 394 g/mol. The molecule has 1 aromatic rings. The Labute approximate surface area is 137 Å². The Balaban J connectivity index is 1.83. The smallest absolute Gasteiger partial charge is 0.250 e. The lowest BCUT2D eigenvalue weighted by Gasteiger charge is -2.16. The van der Waals surface area contributed by atoms with Crippen molar-refractivity contribution in [2.45, 2.75) is 48.8 Å². The molecule has 2 rings (SSSR count). The SMILES string of the molecule is O=C(CNS(=O)(=O)c1ccc(Br)s1)NC1CCCCCC1. The third-order valence-corrected chi connectivity index (χ3v) is 6.97. The molecule has 0 aliphatic heterocycles. The molecule has 0 bridgehead atoms. The fourth-order valence-electron chi connectivity index (χ4n) is 2.38. The van der Waals surface area contributed by atoms with Crippen LogP contribution in [0.1, 0.15) is 38.5 Å². The van der Waals surface area contributed by atoms with Gasteiger partial charge in [-0.2, -0.15) is 0 Å². The molecule has 118 valence electrons. The lowest BCUT2D eigenvalue weighted by atomic mass is 10.1. The van der Waals surface area contributed by atoms with Crippen molar-refractivity contribution in [1.29, 1.82) is 0 Å². The summed E-state index contributed by atoms with van der Waals surface area (Å²) < 4.78 is 27.3. The van der Waals surface area contributed by atoms with Gasteiger partial charge in [-0.25, -0.2) is 13.1 Å². The zero-order valence-corrected chi connectivity index (χ0v) is 14.8. The van der Waals surface area contributed by atoms with E-state index in [0.29, 0.717) is 0 Å². The van der Waals surface area contributed by atoms with E-state index >= 15 is 0 Å². The first-order valence-corrected chi connectivity index (χ1v) is 10.1. The van der Waals surface area contributed by atoms with E-state index in [1.807, 2.05) is 0 Å². The summed E-state index contributed by atoms with van der Waals surface area (Å²) in [5, 5.41) is 2.92. The number of sulfonamides is 1. The Kier molecular flexibility index (Phi) is 6.21. The number of halogens is 1. The maximum atomic E-state index is 12.0. The average Bonchev–Trinajstić information content (AvgIpc) is 2.72. The number of carbonyl (C=O) groups excluding carboxylic acids is 1. The number of thiophene rings is 1. The van der Waals surface area contributed by atoms with E-state index in [1.165, 1.54) is 18.9 Å². The Morgan fingerprint density at radius 3 is 2.48 bits per heavy atom. The fraction of sp³-hybridized carbons (Fsp3) is 0.615. The molecule has 0 saturated heterocycles. The number of hydrogen-bond donors (Lipinski definition) is 2. The molecule has 2 N–H and O–H groups in total. The molecular weight excluding hydrogens is 376 g/mol. The van der Waals surface area contributed by atoms with Gasteiger partial charge in [-0.05, 0) is 40.9 Å². The second kappa shape index (κ2) is 7.71. The first-order valence-electron chi connectivity index (χ1n) is 7.02. The molecule has 1 saturated carbocycles. The molecule has 0 spiro atoms. The van der Waals surface area contributed by atoms with Gasteiger partial charge in [0.2, 0.25) is 5.91 Å². The highest BCUT2D eigenvalue weighted by molar-refractivity contribution is 9.11. The minimum absolute atomic E-state index is 0.181. The van der Waals surface area contributed by atoms with Crippen LogP contribution in [0.2, 0.25) is 0 Å². The highest BCUT2D eigenvalue weighted by Gasteiger charge is 2.19. The van der Waals surface area contributed by atoms with E-state index < -0.39 is 10.0 Å². The zero-order chi connectivity index (χ0) is 15.3. The van der Waals surface area contributed by atoms with E-state index in [9.17, 15) is 13.2 Å². The molecule has 8 heteroatoms. The van der Waals surface area contributed by atoms with Crippen molar-refractivity contribution in [3.05, 3.63) is 15.9 Å². The van der Waals surface area contributed by atoms with Crippen molar-refractivity contribution in [1.82, 2.24) is 10.0 Å². The number of rotatable bonds is 5. The topological polar surface area (TPSA) is 75.3 Å². The normalized spacial score (nSPS) is 17.4. The van der Waals surface area contributed by atoms with Crippen molar-refractivity contribution in [3.63, 3.8) is 0 Å². The van der Waals surface area contributed by atoms with Crippen LogP contribution < -0.4 is 10.0 Å². The number of nitrogens with one attached hydrogen (secondary N) is 2. The molecule has 1 aliphatic rings. The molecule has 1 aliphatic carbocycles. The summed E-state index contributed by atoms with van der Waals surface area (Å²) in [7, 11) is -3.60. The Hall–Kier alpha value is -0.440. The van der Waals surface area contributed by atoms with Crippen LogP contribution in [0.3, 0.4) is 0 Å². The predicted octanol–water partition coefficient (Wildman–Crippen LogP) is 2.63. The van der Waals surface area contributed by atoms with Gasteiger partial charge >= 0.3 is 0 Å². The number of carbonyl (C=O) groups is 1. The molecule has 5 nitrogen and oxygen atoms in total. The third-order valence-electron chi connectivity index (χ3n) is 3.46. The van der Waals surface area contributed by atoms with Gasteiger partial charge in [-0.1, -0.05) is 25.7 Å². The van der Waals surface area contributed by atoms with Gasteiger partial charge in [0.15, 0.2) is 0 Å². The lowest BCUT2D eigenvalue weighted by Crippen LogP contribution is -2.41. The van der Waals surface area contributed by atoms with E-state index in [1.54, 1.807) is 6.07 Å². The fourth-order valence-corrected chi connectivity index (χ4v) is 5.41. The summed E-state index contributed by atoms with van der Waals surface area (Å²) in [6.45, 7) is -0.214. The minimum Gasteiger partial charge on any atom is -0.352 e. The van der Waals surface area contributed by atoms with Crippen molar-refractivity contribution in [2.75, 3.05) is 6.54 Å². The molecule has 0 radical (unpaired) electrons. The van der Waals surface area contributed by atoms with Crippen LogP contribution in [0.5, 0.6) is 0 Å². The highest BCUT2D eigenvalue weighted by Crippen LogP contribution is 2.25. The first-order chi connectivity index (χ1) is 9.97. The van der Waals surface area contributed by atoms with Crippen molar-refractivity contribution in [3.8, 4) is 0 Å². The number of amides is 1. The highest BCUT2D eigenvalue weighted by atomic mass is 79.9. The summed E-state index contributed by atoms with van der Waals surface area (Å²) in [5.74, 6) is -0.263. The molecule has 1 amide bonds. The summed E-state index contributed by atoms with van der Waals surface area (Å²) in [4.78, 5) is 11.9. The summed E-state index contributed by atoms with van der Waals surface area (Å²) in [6, 6.07) is 3.37. The molecule has 1 heterocycles. The van der Waals surface area contributed by atoms with Crippen LogP contribution in [-0.4, -0.2) is 26.9 Å². The van der Waals surface area contributed by atoms with Gasteiger partial charge in [0.05, 0.1) is 10.3 Å². The number of hydrogen-bond acceptors (Lipinski definition) is 4. The predicted molar refractivity (Wildman–Crippen MR) is 86.8 cm³/mol. The Morgan fingerprint density at radius 2 is 1.90 bits per heavy atom. The van der Waals surface area contributed by atoms with Crippen LogP contribution >= 0.6 is 27.3 Å². The van der Waals surface area contributed by atoms with Crippen LogP contribution in [0, 0.1) is 0 Å². The molecular formula is C13H19BrN2O3S2. The lowest BCUT2D eigenvalue weighted by molar-refractivity contribution is -0.120. The molecule has 0 atom stereocenters. The quantitative estimate of drug-likeness (QED) is 0.753. The van der Waals surface area contributed by atoms with Crippen LogP contribution in [-0.2, 0) is 14.8 Å². The summed E-state index contributed by atoms with van der Waals surface area (Å²) >= 11 is 4.34. The van der Waals surface area contributed by atoms with Gasteiger partial charge in [-0.15, -0.1) is 11.3 Å². The summed E-state index contributed by atoms with van der Waals surface area (Å²) in [6.07, 6.45) is 6.64. The second-order valence-electron chi connectivity index (χ2n) is 5.14.